The van der Waals surface area contributed by atoms with Crippen LogP contribution in [0.4, 0.5) is 4.79 Å². The molecule has 0 heterocycles. The number of halogens is 1. The number of amides is 3. The number of nitrogens with one attached hydrogen (secondary N) is 2. The lowest BCUT2D eigenvalue weighted by atomic mass is 10.1. The van der Waals surface area contributed by atoms with Gasteiger partial charge >= 0.3 is 12.0 Å². The van der Waals surface area contributed by atoms with E-state index in [1.165, 1.54) is 31.3 Å². The van der Waals surface area contributed by atoms with Crippen molar-refractivity contribution in [3.05, 3.63) is 64.7 Å². The second-order valence-corrected chi connectivity index (χ2v) is 8.10. The van der Waals surface area contributed by atoms with Gasteiger partial charge in [0.1, 0.15) is 0 Å². The molecule has 0 spiro atoms. The molecule has 0 saturated heterocycles. The molecule has 0 bridgehead atoms. The highest BCUT2D eigenvalue weighted by molar-refractivity contribution is 7.90. The third-order valence-corrected chi connectivity index (χ3v) is 5.05. The van der Waals surface area contributed by atoms with Crippen LogP contribution in [0.1, 0.15) is 22.0 Å². The molecule has 0 unspecified atom stereocenters. The molecule has 0 aromatic heterocycles. The van der Waals surface area contributed by atoms with Crippen LogP contribution >= 0.6 is 11.6 Å². The number of imide groups is 1. The standard InChI is InChI=1S/C18H17ClN2O6S/c1-20-18(24)21-16(22)15(11-6-4-3-5-7-11)27-17(23)13-10-12(28(2,25)26)8-9-14(13)19/h3-10,15H,1-2H3,(H2,20,21,22,24)/t15-/m1/s1. The summed E-state index contributed by atoms with van der Waals surface area (Å²) >= 11 is 6.00. The summed E-state index contributed by atoms with van der Waals surface area (Å²) in [6, 6.07) is 10.8. The third kappa shape index (κ3) is 5.30. The number of ether oxygens (including phenoxy) is 1. The van der Waals surface area contributed by atoms with Crippen LogP contribution in [-0.4, -0.2) is 39.6 Å². The average molecular weight is 425 g/mol. The van der Waals surface area contributed by atoms with Gasteiger partial charge in [-0.15, -0.1) is 0 Å². The molecule has 148 valence electrons. The van der Waals surface area contributed by atoms with E-state index in [4.69, 9.17) is 16.3 Å². The van der Waals surface area contributed by atoms with Gasteiger partial charge in [0.2, 0.25) is 6.10 Å². The Balaban J connectivity index is 2.38. The first-order valence-corrected chi connectivity index (χ1v) is 10.2. The Labute approximate surface area is 166 Å². The highest BCUT2D eigenvalue weighted by Crippen LogP contribution is 2.25. The Bertz CT molecular complexity index is 1010. The van der Waals surface area contributed by atoms with Crippen molar-refractivity contribution in [2.75, 3.05) is 13.3 Å². The van der Waals surface area contributed by atoms with Crippen molar-refractivity contribution in [3.63, 3.8) is 0 Å². The highest BCUT2D eigenvalue weighted by Gasteiger charge is 2.28. The summed E-state index contributed by atoms with van der Waals surface area (Å²) in [6.45, 7) is 0. The summed E-state index contributed by atoms with van der Waals surface area (Å²) in [5.74, 6) is -1.90. The first kappa shape index (κ1) is 21.4. The van der Waals surface area contributed by atoms with Gasteiger partial charge in [-0.1, -0.05) is 41.9 Å². The Kier molecular flexibility index (Phi) is 6.76. The lowest BCUT2D eigenvalue weighted by Gasteiger charge is -2.18. The summed E-state index contributed by atoms with van der Waals surface area (Å²) in [6.07, 6.45) is -0.474. The summed E-state index contributed by atoms with van der Waals surface area (Å²) in [4.78, 5) is 36.3. The van der Waals surface area contributed by atoms with Crippen molar-refractivity contribution in [1.82, 2.24) is 10.6 Å². The van der Waals surface area contributed by atoms with E-state index in [0.29, 0.717) is 5.56 Å². The SMILES string of the molecule is CNC(=O)NC(=O)[C@H](OC(=O)c1cc(S(C)(=O)=O)ccc1Cl)c1ccccc1. The molecular weight excluding hydrogens is 408 g/mol. The normalized spacial score (nSPS) is 12.0. The Hall–Kier alpha value is -2.91. The van der Waals surface area contributed by atoms with E-state index in [2.05, 4.69) is 5.32 Å². The zero-order chi connectivity index (χ0) is 20.9. The number of urea groups is 1. The van der Waals surface area contributed by atoms with Crippen LogP contribution in [0.25, 0.3) is 0 Å². The van der Waals surface area contributed by atoms with E-state index in [1.54, 1.807) is 18.2 Å². The molecule has 0 aliphatic rings. The lowest BCUT2D eigenvalue weighted by Crippen LogP contribution is -2.41. The zero-order valence-corrected chi connectivity index (χ0v) is 16.5. The minimum absolute atomic E-state index is 0.0454. The minimum Gasteiger partial charge on any atom is -0.444 e. The highest BCUT2D eigenvalue weighted by atomic mass is 35.5. The van der Waals surface area contributed by atoms with E-state index in [-0.39, 0.29) is 15.5 Å². The van der Waals surface area contributed by atoms with Crippen molar-refractivity contribution in [1.29, 1.82) is 0 Å². The van der Waals surface area contributed by atoms with E-state index in [9.17, 15) is 22.8 Å². The third-order valence-electron chi connectivity index (χ3n) is 3.62. The molecule has 0 fully saturated rings. The maximum Gasteiger partial charge on any atom is 0.340 e. The fraction of sp³-hybridized carbons (Fsp3) is 0.167. The van der Waals surface area contributed by atoms with Crippen molar-refractivity contribution in [2.45, 2.75) is 11.0 Å². The van der Waals surface area contributed by atoms with Gasteiger partial charge in [0, 0.05) is 18.9 Å². The van der Waals surface area contributed by atoms with Gasteiger partial charge in [0.15, 0.2) is 9.84 Å². The summed E-state index contributed by atoms with van der Waals surface area (Å²) in [7, 11) is -2.27. The van der Waals surface area contributed by atoms with Gasteiger partial charge in [-0.25, -0.2) is 18.0 Å². The zero-order valence-electron chi connectivity index (χ0n) is 14.9. The molecule has 3 amide bonds. The molecule has 2 rings (SSSR count). The van der Waals surface area contributed by atoms with Gasteiger partial charge in [-0.05, 0) is 18.2 Å². The molecule has 0 aliphatic carbocycles. The van der Waals surface area contributed by atoms with Crippen LogP contribution in [-0.2, 0) is 19.4 Å². The molecule has 0 aliphatic heterocycles. The Morgan fingerprint density at radius 3 is 2.29 bits per heavy atom. The fourth-order valence-corrected chi connectivity index (χ4v) is 3.04. The number of rotatable bonds is 5. The quantitative estimate of drug-likeness (QED) is 0.709. The maximum atomic E-state index is 12.6. The number of benzene rings is 2. The van der Waals surface area contributed by atoms with E-state index in [0.717, 1.165) is 12.3 Å². The van der Waals surface area contributed by atoms with Crippen LogP contribution in [0, 0.1) is 0 Å². The smallest absolute Gasteiger partial charge is 0.340 e. The first-order valence-electron chi connectivity index (χ1n) is 7.91. The number of hydrogen-bond donors (Lipinski definition) is 2. The fourth-order valence-electron chi connectivity index (χ4n) is 2.20. The van der Waals surface area contributed by atoms with Crippen molar-refractivity contribution in [3.8, 4) is 0 Å². The largest absolute Gasteiger partial charge is 0.444 e. The predicted molar refractivity (Wildman–Crippen MR) is 102 cm³/mol. The second-order valence-electron chi connectivity index (χ2n) is 5.68. The predicted octanol–water partition coefficient (Wildman–Crippen LogP) is 2.10. The van der Waals surface area contributed by atoms with E-state index >= 15 is 0 Å². The molecule has 1 atom stereocenters. The van der Waals surface area contributed by atoms with Crippen LogP contribution in [0.15, 0.2) is 53.4 Å². The van der Waals surface area contributed by atoms with Crippen LogP contribution < -0.4 is 10.6 Å². The molecule has 2 N–H and O–H groups in total. The van der Waals surface area contributed by atoms with Crippen LogP contribution in [0.5, 0.6) is 0 Å². The van der Waals surface area contributed by atoms with Gasteiger partial charge < -0.3 is 10.1 Å². The first-order chi connectivity index (χ1) is 13.1. The summed E-state index contributed by atoms with van der Waals surface area (Å²) in [5, 5.41) is 4.22. The lowest BCUT2D eigenvalue weighted by molar-refractivity contribution is -0.129. The van der Waals surface area contributed by atoms with Crippen molar-refractivity contribution >= 4 is 39.3 Å². The monoisotopic (exact) mass is 424 g/mol. The number of hydrogen-bond acceptors (Lipinski definition) is 6. The second kappa shape index (κ2) is 8.85. The number of esters is 1. The van der Waals surface area contributed by atoms with E-state index in [1.807, 2.05) is 5.32 Å². The number of carbonyl (C=O) groups is 3. The molecule has 0 saturated carbocycles. The van der Waals surface area contributed by atoms with Gasteiger partial charge in [0.05, 0.1) is 15.5 Å². The molecule has 0 radical (unpaired) electrons. The molecule has 10 heteroatoms. The molecule has 2 aromatic carbocycles. The molecular formula is C18H17ClN2O6S. The Morgan fingerprint density at radius 1 is 1.07 bits per heavy atom. The molecule has 2 aromatic rings. The van der Waals surface area contributed by atoms with Gasteiger partial charge in [-0.2, -0.15) is 0 Å². The average Bonchev–Trinajstić information content (AvgIpc) is 2.65. The number of carbonyl (C=O) groups excluding carboxylic acids is 3. The Morgan fingerprint density at radius 2 is 1.71 bits per heavy atom. The molecule has 8 nitrogen and oxygen atoms in total. The summed E-state index contributed by atoms with van der Waals surface area (Å²) in [5.41, 5.74) is 0.0888. The minimum atomic E-state index is -3.59. The van der Waals surface area contributed by atoms with Crippen molar-refractivity contribution < 1.29 is 27.5 Å². The maximum absolute atomic E-state index is 12.6. The van der Waals surface area contributed by atoms with Gasteiger partial charge in [-0.3, -0.25) is 10.1 Å². The van der Waals surface area contributed by atoms with Crippen molar-refractivity contribution in [2.24, 2.45) is 0 Å². The van der Waals surface area contributed by atoms with Crippen LogP contribution in [0.2, 0.25) is 5.02 Å². The summed E-state index contributed by atoms with van der Waals surface area (Å²) < 4.78 is 28.7. The van der Waals surface area contributed by atoms with Gasteiger partial charge in [0.25, 0.3) is 5.91 Å². The molecule has 28 heavy (non-hydrogen) atoms. The van der Waals surface area contributed by atoms with E-state index < -0.39 is 33.8 Å². The topological polar surface area (TPSA) is 119 Å². The number of sulfone groups is 1. The van der Waals surface area contributed by atoms with Crippen LogP contribution in [0.3, 0.4) is 0 Å².